The van der Waals surface area contributed by atoms with E-state index < -0.39 is 11.7 Å². The second kappa shape index (κ2) is 11.5. The molecule has 1 amide bonds. The van der Waals surface area contributed by atoms with Crippen LogP contribution in [0.3, 0.4) is 0 Å². The lowest BCUT2D eigenvalue weighted by Gasteiger charge is -2.28. The van der Waals surface area contributed by atoms with Gasteiger partial charge in [-0.25, -0.2) is 0 Å². The van der Waals surface area contributed by atoms with Crippen LogP contribution in [-0.4, -0.2) is 11.7 Å². The monoisotopic (exact) mass is 503 g/mol. The molecule has 7 heteroatoms. The molecule has 2 N–H and O–H groups in total. The van der Waals surface area contributed by atoms with Crippen LogP contribution in [0, 0.1) is 0 Å². The van der Waals surface area contributed by atoms with Gasteiger partial charge in [0, 0.05) is 11.9 Å². The first-order valence-corrected chi connectivity index (χ1v) is 11.7. The SMILES string of the molecule is CC(Oc1ccc(OCc2ccccc2)cc1)(Oc1ccc(OCc2ccc(Cl)cc2)cc1)C(N)=O. The number of halogens is 1. The highest BCUT2D eigenvalue weighted by atomic mass is 35.5. The highest BCUT2D eigenvalue weighted by molar-refractivity contribution is 6.30. The van der Waals surface area contributed by atoms with Crippen LogP contribution < -0.4 is 24.7 Å². The predicted molar refractivity (Wildman–Crippen MR) is 138 cm³/mol. The summed E-state index contributed by atoms with van der Waals surface area (Å²) in [5, 5.41) is 0.673. The van der Waals surface area contributed by atoms with Gasteiger partial charge in [0.2, 0.25) is 0 Å². The zero-order chi connectivity index (χ0) is 25.4. The van der Waals surface area contributed by atoms with E-state index in [9.17, 15) is 4.79 Å². The third-order valence-corrected chi connectivity index (χ3v) is 5.54. The molecule has 0 aromatic heterocycles. The molecule has 0 radical (unpaired) electrons. The third kappa shape index (κ3) is 6.93. The molecule has 0 saturated heterocycles. The predicted octanol–water partition coefficient (Wildman–Crippen LogP) is 6.16. The minimum Gasteiger partial charge on any atom is -0.489 e. The maximum absolute atomic E-state index is 12.2. The van der Waals surface area contributed by atoms with E-state index in [0.29, 0.717) is 41.2 Å². The second-order valence-corrected chi connectivity index (χ2v) is 8.58. The van der Waals surface area contributed by atoms with Gasteiger partial charge in [0.25, 0.3) is 0 Å². The first-order valence-electron chi connectivity index (χ1n) is 11.3. The van der Waals surface area contributed by atoms with Crippen molar-refractivity contribution in [2.45, 2.75) is 25.9 Å². The average Bonchev–Trinajstić information content (AvgIpc) is 2.89. The molecule has 4 aromatic rings. The maximum atomic E-state index is 12.2. The van der Waals surface area contributed by atoms with E-state index in [1.165, 1.54) is 6.92 Å². The minimum absolute atomic E-state index is 0.393. The molecule has 0 spiro atoms. The summed E-state index contributed by atoms with van der Waals surface area (Å²) < 4.78 is 23.2. The molecule has 0 aliphatic heterocycles. The molecule has 0 fully saturated rings. The molecule has 4 rings (SSSR count). The van der Waals surface area contributed by atoms with E-state index in [2.05, 4.69) is 0 Å². The number of ether oxygens (including phenoxy) is 4. The van der Waals surface area contributed by atoms with Gasteiger partial charge in [-0.05, 0) is 71.8 Å². The third-order valence-electron chi connectivity index (χ3n) is 5.29. The highest BCUT2D eigenvalue weighted by Gasteiger charge is 2.36. The number of rotatable bonds is 11. The summed E-state index contributed by atoms with van der Waals surface area (Å²) in [6.45, 7) is 2.31. The first kappa shape index (κ1) is 24.9. The molecule has 184 valence electrons. The number of carbonyl (C=O) groups excluding carboxylic acids is 1. The van der Waals surface area contributed by atoms with Crippen LogP contribution in [0.5, 0.6) is 23.0 Å². The molecule has 4 aromatic carbocycles. The van der Waals surface area contributed by atoms with Gasteiger partial charge in [0.1, 0.15) is 36.2 Å². The summed E-state index contributed by atoms with van der Waals surface area (Å²) in [6, 6.07) is 31.0. The quantitative estimate of drug-likeness (QED) is 0.248. The fraction of sp³-hybridized carbons (Fsp3) is 0.138. The smallest absolute Gasteiger partial charge is 0.328 e. The Morgan fingerprint density at radius 2 is 1.08 bits per heavy atom. The van der Waals surface area contributed by atoms with Crippen LogP contribution in [0.2, 0.25) is 5.02 Å². The van der Waals surface area contributed by atoms with E-state index in [4.69, 9.17) is 36.3 Å². The van der Waals surface area contributed by atoms with E-state index in [-0.39, 0.29) is 0 Å². The Balaban J connectivity index is 1.34. The Labute approximate surface area is 215 Å². The molecule has 0 heterocycles. The normalized spacial score (nSPS) is 12.3. The Morgan fingerprint density at radius 1 is 0.667 bits per heavy atom. The van der Waals surface area contributed by atoms with Crippen molar-refractivity contribution in [1.82, 2.24) is 0 Å². The largest absolute Gasteiger partial charge is 0.489 e. The van der Waals surface area contributed by atoms with Crippen molar-refractivity contribution >= 4 is 17.5 Å². The zero-order valence-electron chi connectivity index (χ0n) is 19.7. The van der Waals surface area contributed by atoms with Gasteiger partial charge in [0.15, 0.2) is 0 Å². The molecular weight excluding hydrogens is 478 g/mol. The Kier molecular flexibility index (Phi) is 7.98. The summed E-state index contributed by atoms with van der Waals surface area (Å²) in [7, 11) is 0. The van der Waals surface area contributed by atoms with Gasteiger partial charge in [-0.2, -0.15) is 0 Å². The van der Waals surface area contributed by atoms with Crippen molar-refractivity contribution in [3.63, 3.8) is 0 Å². The Morgan fingerprint density at radius 3 is 1.53 bits per heavy atom. The van der Waals surface area contributed by atoms with Crippen molar-refractivity contribution in [1.29, 1.82) is 0 Å². The summed E-state index contributed by atoms with van der Waals surface area (Å²) in [5.74, 6) is -0.371. The van der Waals surface area contributed by atoms with E-state index in [1.807, 2.05) is 54.6 Å². The number of amides is 1. The standard InChI is InChI=1S/C29H26ClNO5/c1-29(28(31)32,35-26-15-11-24(12-16-26)33-19-21-5-3-2-4-6-21)36-27-17-13-25(14-18-27)34-20-22-7-9-23(30)10-8-22/h2-18H,19-20H2,1H3,(H2,31,32). The molecule has 0 aliphatic carbocycles. The highest BCUT2D eigenvalue weighted by Crippen LogP contribution is 2.27. The Bertz CT molecular complexity index is 1260. The topological polar surface area (TPSA) is 80.0 Å². The van der Waals surface area contributed by atoms with E-state index in [0.717, 1.165) is 11.1 Å². The lowest BCUT2D eigenvalue weighted by Crippen LogP contribution is -2.51. The maximum Gasteiger partial charge on any atom is 0.328 e. The van der Waals surface area contributed by atoms with Crippen LogP contribution in [0.25, 0.3) is 0 Å². The molecule has 0 bridgehead atoms. The van der Waals surface area contributed by atoms with Gasteiger partial charge in [0.05, 0.1) is 0 Å². The lowest BCUT2D eigenvalue weighted by molar-refractivity contribution is -0.158. The van der Waals surface area contributed by atoms with Crippen molar-refractivity contribution in [3.05, 3.63) is 119 Å². The number of nitrogens with two attached hydrogens (primary N) is 1. The van der Waals surface area contributed by atoms with Crippen LogP contribution in [-0.2, 0) is 18.0 Å². The lowest BCUT2D eigenvalue weighted by atomic mass is 10.2. The molecular formula is C29H26ClNO5. The minimum atomic E-state index is -1.72. The van der Waals surface area contributed by atoms with Gasteiger partial charge >= 0.3 is 11.7 Å². The van der Waals surface area contributed by atoms with Crippen molar-refractivity contribution in [2.24, 2.45) is 5.73 Å². The number of benzene rings is 4. The summed E-state index contributed by atoms with van der Waals surface area (Å²) in [4.78, 5) is 12.2. The molecule has 6 nitrogen and oxygen atoms in total. The summed E-state index contributed by atoms with van der Waals surface area (Å²) in [5.41, 5.74) is 7.67. The average molecular weight is 504 g/mol. The van der Waals surface area contributed by atoms with Gasteiger partial charge in [-0.1, -0.05) is 54.1 Å². The molecule has 36 heavy (non-hydrogen) atoms. The van der Waals surface area contributed by atoms with Crippen molar-refractivity contribution in [3.8, 4) is 23.0 Å². The molecule has 0 aliphatic rings. The van der Waals surface area contributed by atoms with Gasteiger partial charge < -0.3 is 24.7 Å². The van der Waals surface area contributed by atoms with Crippen LogP contribution >= 0.6 is 11.6 Å². The summed E-state index contributed by atoms with van der Waals surface area (Å²) >= 11 is 5.91. The fourth-order valence-corrected chi connectivity index (χ4v) is 3.39. The number of primary amides is 1. The number of carbonyl (C=O) groups is 1. The molecule has 1 unspecified atom stereocenters. The van der Waals surface area contributed by atoms with Crippen LogP contribution in [0.15, 0.2) is 103 Å². The van der Waals surface area contributed by atoms with Gasteiger partial charge in [-0.3, -0.25) is 4.79 Å². The second-order valence-electron chi connectivity index (χ2n) is 8.15. The molecule has 1 atom stereocenters. The van der Waals surface area contributed by atoms with Gasteiger partial charge in [-0.15, -0.1) is 0 Å². The first-order chi connectivity index (χ1) is 17.4. The number of hydrogen-bond donors (Lipinski definition) is 1. The zero-order valence-corrected chi connectivity index (χ0v) is 20.5. The molecule has 0 saturated carbocycles. The summed E-state index contributed by atoms with van der Waals surface area (Å²) in [6.07, 6.45) is 0. The van der Waals surface area contributed by atoms with E-state index in [1.54, 1.807) is 48.5 Å². The van der Waals surface area contributed by atoms with Crippen molar-refractivity contribution < 1.29 is 23.7 Å². The Hall–Kier alpha value is -4.16. The van der Waals surface area contributed by atoms with Crippen molar-refractivity contribution in [2.75, 3.05) is 0 Å². The number of hydrogen-bond acceptors (Lipinski definition) is 5. The van der Waals surface area contributed by atoms with Crippen LogP contribution in [0.4, 0.5) is 0 Å². The van der Waals surface area contributed by atoms with E-state index >= 15 is 0 Å². The van der Waals surface area contributed by atoms with Crippen LogP contribution in [0.1, 0.15) is 18.1 Å². The fourth-order valence-electron chi connectivity index (χ4n) is 3.27.